The molecule has 0 aliphatic rings. The van der Waals surface area contributed by atoms with Crippen LogP contribution in [0.4, 0.5) is 27.5 Å². The molecular formula is C31H32Cl4N8O2. The van der Waals surface area contributed by atoms with Gasteiger partial charge in [-0.15, -0.1) is 4.91 Å². The van der Waals surface area contributed by atoms with E-state index >= 15 is 0 Å². The Morgan fingerprint density at radius 2 is 0.978 bits per heavy atom. The number of aliphatic imine (C=N–C) groups is 2. The molecule has 0 atom stereocenters. The van der Waals surface area contributed by atoms with Gasteiger partial charge in [0.05, 0.1) is 20.1 Å². The topological polar surface area (TPSA) is 173 Å². The third kappa shape index (κ3) is 11.6. The van der Waals surface area contributed by atoms with Crippen molar-refractivity contribution in [2.75, 3.05) is 5.32 Å². The smallest absolute Gasteiger partial charge is 0.326 e. The minimum atomic E-state index is -0.494. The first-order valence-corrected chi connectivity index (χ1v) is 14.6. The molecule has 236 valence electrons. The summed E-state index contributed by atoms with van der Waals surface area (Å²) >= 11 is 23.6. The maximum Gasteiger partial charge on any atom is 0.326 e. The normalized spacial score (nSPS) is 10.4. The molecule has 10 nitrogen and oxygen atoms in total. The van der Waals surface area contributed by atoms with Crippen LogP contribution in [0.15, 0.2) is 88.0 Å². The number of aryl methyl sites for hydroxylation is 4. The summed E-state index contributed by atoms with van der Waals surface area (Å²) in [7, 11) is 0. The highest BCUT2D eigenvalue weighted by Gasteiger charge is 2.10. The lowest BCUT2D eigenvalue weighted by atomic mass is 10.1. The highest BCUT2D eigenvalue weighted by Crippen LogP contribution is 2.33. The quantitative estimate of drug-likeness (QED) is 0.0815. The lowest BCUT2D eigenvalue weighted by molar-refractivity contribution is 0.256. The molecule has 0 saturated heterocycles. The second-order valence-corrected chi connectivity index (χ2v) is 11.0. The first-order chi connectivity index (χ1) is 21.2. The summed E-state index contributed by atoms with van der Waals surface area (Å²) in [6.07, 6.45) is 0. The number of anilines is 1. The molecule has 0 fully saturated rings. The number of amides is 2. The number of hydrogen-bond donors (Lipinski definition) is 5. The van der Waals surface area contributed by atoms with E-state index in [1.54, 1.807) is 36.4 Å². The van der Waals surface area contributed by atoms with Crippen LogP contribution in [0, 0.1) is 32.6 Å². The summed E-state index contributed by atoms with van der Waals surface area (Å²) in [6, 6.07) is 20.9. The first kappa shape index (κ1) is 36.8. The van der Waals surface area contributed by atoms with E-state index in [2.05, 4.69) is 25.8 Å². The Kier molecular flexibility index (Phi) is 14.6. The summed E-state index contributed by atoms with van der Waals surface area (Å²) in [6.45, 7) is 7.57. The fourth-order valence-electron chi connectivity index (χ4n) is 3.69. The van der Waals surface area contributed by atoms with Crippen molar-refractivity contribution in [1.82, 2.24) is 5.32 Å². The molecule has 14 heteroatoms. The van der Waals surface area contributed by atoms with Gasteiger partial charge in [-0.05, 0) is 79.4 Å². The van der Waals surface area contributed by atoms with E-state index in [0.29, 0.717) is 37.2 Å². The molecule has 0 aromatic heterocycles. The molecule has 4 aromatic carbocycles. The van der Waals surface area contributed by atoms with Crippen molar-refractivity contribution < 1.29 is 4.79 Å². The number of rotatable bonds is 4. The average Bonchev–Trinajstić information content (AvgIpc) is 2.96. The Labute approximate surface area is 281 Å². The molecule has 0 aliphatic heterocycles. The molecule has 0 aliphatic carbocycles. The minimum absolute atomic E-state index is 0.0648. The molecule has 45 heavy (non-hydrogen) atoms. The fourth-order valence-corrected chi connectivity index (χ4v) is 4.66. The SMILES string of the molecule is Cc1cccc(C)c1N=O.Cc1cccc(C)c1NC(=O)NC(N)=Nc1c(Cl)cccc1Cl.NC(N)=Nc1c(Cl)cccc1Cl. The third-order valence-electron chi connectivity index (χ3n) is 5.84. The number of carbonyl (C=O) groups excluding carboxylic acids is 1. The predicted octanol–water partition coefficient (Wildman–Crippen LogP) is 8.98. The van der Waals surface area contributed by atoms with Crippen LogP contribution >= 0.6 is 46.4 Å². The molecule has 0 radical (unpaired) electrons. The number of hydrogen-bond acceptors (Lipinski definition) is 5. The van der Waals surface area contributed by atoms with Crippen LogP contribution in [0.3, 0.4) is 0 Å². The van der Waals surface area contributed by atoms with E-state index < -0.39 is 6.03 Å². The Morgan fingerprint density at radius 3 is 1.36 bits per heavy atom. The molecular weight excluding hydrogens is 658 g/mol. The van der Waals surface area contributed by atoms with Gasteiger partial charge in [0.25, 0.3) is 0 Å². The largest absolute Gasteiger partial charge is 0.370 e. The van der Waals surface area contributed by atoms with Crippen LogP contribution in [0.1, 0.15) is 22.3 Å². The van der Waals surface area contributed by atoms with Crippen LogP contribution in [-0.4, -0.2) is 18.0 Å². The monoisotopic (exact) mass is 688 g/mol. The lowest BCUT2D eigenvalue weighted by Gasteiger charge is -2.12. The van der Waals surface area contributed by atoms with Gasteiger partial charge in [-0.1, -0.05) is 94.9 Å². The number of guanidine groups is 2. The molecule has 8 N–H and O–H groups in total. The molecule has 2 amide bonds. The van der Waals surface area contributed by atoms with E-state index in [9.17, 15) is 9.70 Å². The van der Waals surface area contributed by atoms with Crippen LogP contribution < -0.4 is 27.8 Å². The average molecular weight is 690 g/mol. The zero-order valence-electron chi connectivity index (χ0n) is 24.8. The van der Waals surface area contributed by atoms with E-state index in [4.69, 9.17) is 63.6 Å². The van der Waals surface area contributed by atoms with Crippen LogP contribution in [0.2, 0.25) is 20.1 Å². The molecule has 0 heterocycles. The number of nitrogens with one attached hydrogen (secondary N) is 2. The third-order valence-corrected chi connectivity index (χ3v) is 7.06. The van der Waals surface area contributed by atoms with E-state index in [1.165, 1.54) is 0 Å². The van der Waals surface area contributed by atoms with Gasteiger partial charge in [0.15, 0.2) is 5.96 Å². The van der Waals surface area contributed by atoms with Crippen LogP contribution in [0.25, 0.3) is 0 Å². The molecule has 0 bridgehead atoms. The van der Waals surface area contributed by atoms with Gasteiger partial charge in [-0.25, -0.2) is 14.8 Å². The standard InChI is InChI=1S/C16H16Cl2N4O.C8H9NO.C7H7Cl2N3/c1-9-5-3-6-10(2)13(9)21-16(23)22-15(19)20-14-11(17)7-4-8-12(14)18;1-6-4-3-5-7(2)8(6)9-10;8-4-2-1-3-5(9)6(4)12-7(10)11/h3-8H,1-2H3,(H4,19,20,21,22,23);3-5H,1-2H3;1-3H,(H4,10,11,12). The first-order valence-electron chi connectivity index (χ1n) is 13.1. The highest BCUT2D eigenvalue weighted by atomic mass is 35.5. The van der Waals surface area contributed by atoms with Crippen molar-refractivity contribution in [2.45, 2.75) is 27.7 Å². The van der Waals surface area contributed by atoms with Gasteiger partial charge in [0, 0.05) is 5.69 Å². The highest BCUT2D eigenvalue weighted by molar-refractivity contribution is 6.39. The van der Waals surface area contributed by atoms with Gasteiger partial charge in [-0.2, -0.15) is 0 Å². The van der Waals surface area contributed by atoms with Gasteiger partial charge in [-0.3, -0.25) is 5.32 Å². The second-order valence-electron chi connectivity index (χ2n) is 9.35. The number of nitrogens with zero attached hydrogens (tertiary/aromatic N) is 3. The maximum absolute atomic E-state index is 12.0. The maximum atomic E-state index is 12.0. The van der Waals surface area contributed by atoms with Crippen molar-refractivity contribution in [2.24, 2.45) is 32.4 Å². The van der Waals surface area contributed by atoms with Gasteiger partial charge >= 0.3 is 6.03 Å². The van der Waals surface area contributed by atoms with Crippen molar-refractivity contribution >= 4 is 87.1 Å². The summed E-state index contributed by atoms with van der Waals surface area (Å²) in [4.78, 5) is 30.0. The minimum Gasteiger partial charge on any atom is -0.370 e. The molecule has 0 unspecified atom stereocenters. The van der Waals surface area contributed by atoms with Crippen molar-refractivity contribution in [3.63, 3.8) is 0 Å². The van der Waals surface area contributed by atoms with Gasteiger partial charge in [0.1, 0.15) is 17.1 Å². The summed E-state index contributed by atoms with van der Waals surface area (Å²) in [5.41, 5.74) is 21.9. The number of benzene rings is 4. The lowest BCUT2D eigenvalue weighted by Crippen LogP contribution is -2.39. The fraction of sp³-hybridized carbons (Fsp3) is 0.129. The summed E-state index contributed by atoms with van der Waals surface area (Å²) < 4.78 is 0. The second kappa shape index (κ2) is 17.8. The Bertz CT molecular complexity index is 1640. The molecule has 4 aromatic rings. The van der Waals surface area contributed by atoms with Crippen molar-refractivity contribution in [3.05, 3.63) is 120 Å². The summed E-state index contributed by atoms with van der Waals surface area (Å²) in [5, 5.41) is 9.66. The van der Waals surface area contributed by atoms with Crippen LogP contribution in [0.5, 0.6) is 0 Å². The predicted molar refractivity (Wildman–Crippen MR) is 189 cm³/mol. The molecule has 4 rings (SSSR count). The Morgan fingerprint density at radius 1 is 0.600 bits per heavy atom. The zero-order chi connectivity index (χ0) is 33.7. The number of nitrogens with two attached hydrogens (primary N) is 3. The van der Waals surface area contributed by atoms with Gasteiger partial charge < -0.3 is 22.5 Å². The molecule has 0 spiro atoms. The number of carbonyl (C=O) groups is 1. The Balaban J connectivity index is 0.000000267. The molecule has 0 saturated carbocycles. The zero-order valence-corrected chi connectivity index (χ0v) is 27.9. The van der Waals surface area contributed by atoms with E-state index in [-0.39, 0.29) is 11.9 Å². The van der Waals surface area contributed by atoms with Crippen molar-refractivity contribution in [1.29, 1.82) is 0 Å². The van der Waals surface area contributed by atoms with Crippen LogP contribution in [-0.2, 0) is 0 Å². The van der Waals surface area contributed by atoms with E-state index in [0.717, 1.165) is 27.9 Å². The van der Waals surface area contributed by atoms with Gasteiger partial charge in [0.2, 0.25) is 5.96 Å². The summed E-state index contributed by atoms with van der Waals surface area (Å²) in [5.74, 6) is -0.172. The number of para-hydroxylation sites is 3. The Hall–Kier alpha value is -4.35. The number of nitroso groups, excluding NO2 is 1. The van der Waals surface area contributed by atoms with E-state index in [1.807, 2.05) is 64.1 Å². The number of urea groups is 1. The number of halogens is 4. The van der Waals surface area contributed by atoms with Crippen molar-refractivity contribution in [3.8, 4) is 0 Å².